The van der Waals surface area contributed by atoms with Gasteiger partial charge >= 0.3 is 0 Å². The SMILES string of the molecule is CC1(C)N=C(c2cnc(Br)c(Br)c2)c2ccccc2C1(F)F. The van der Waals surface area contributed by atoms with Crippen molar-refractivity contribution in [2.24, 2.45) is 4.99 Å². The molecular weight excluding hydrogens is 418 g/mol. The molecule has 2 aromatic rings. The minimum atomic E-state index is -3.02. The molecular formula is C16H12Br2F2N2. The Bertz CT molecular complexity index is 785. The fourth-order valence-electron chi connectivity index (χ4n) is 2.47. The van der Waals surface area contributed by atoms with Crippen LogP contribution in [0.5, 0.6) is 0 Å². The van der Waals surface area contributed by atoms with E-state index >= 15 is 0 Å². The van der Waals surface area contributed by atoms with E-state index in [2.05, 4.69) is 41.8 Å². The summed E-state index contributed by atoms with van der Waals surface area (Å²) in [5, 5.41) is 0. The van der Waals surface area contributed by atoms with Crippen LogP contribution in [0.2, 0.25) is 0 Å². The van der Waals surface area contributed by atoms with Gasteiger partial charge in [0.15, 0.2) is 0 Å². The number of rotatable bonds is 1. The van der Waals surface area contributed by atoms with Gasteiger partial charge in [-0.15, -0.1) is 0 Å². The molecule has 3 rings (SSSR count). The van der Waals surface area contributed by atoms with Gasteiger partial charge in [0.25, 0.3) is 5.92 Å². The summed E-state index contributed by atoms with van der Waals surface area (Å²) in [5.74, 6) is -3.02. The quantitative estimate of drug-likeness (QED) is 0.562. The van der Waals surface area contributed by atoms with Crippen molar-refractivity contribution in [2.75, 3.05) is 0 Å². The lowest BCUT2D eigenvalue weighted by atomic mass is 9.82. The Labute approximate surface area is 143 Å². The zero-order valence-corrected chi connectivity index (χ0v) is 15.0. The second kappa shape index (κ2) is 5.20. The lowest BCUT2D eigenvalue weighted by molar-refractivity contribution is -0.0681. The average Bonchev–Trinajstić information content (AvgIpc) is 2.46. The van der Waals surface area contributed by atoms with Crippen LogP contribution >= 0.6 is 31.9 Å². The zero-order chi connectivity index (χ0) is 16.1. The predicted octanol–water partition coefficient (Wildman–Crippen LogP) is 5.33. The van der Waals surface area contributed by atoms with Crippen molar-refractivity contribution in [3.05, 3.63) is 62.3 Å². The molecule has 0 spiro atoms. The van der Waals surface area contributed by atoms with E-state index in [0.717, 1.165) is 4.47 Å². The highest BCUT2D eigenvalue weighted by atomic mass is 79.9. The van der Waals surface area contributed by atoms with Gasteiger partial charge < -0.3 is 0 Å². The molecule has 114 valence electrons. The van der Waals surface area contributed by atoms with Gasteiger partial charge in [0, 0.05) is 22.9 Å². The van der Waals surface area contributed by atoms with Gasteiger partial charge in [-0.3, -0.25) is 4.99 Å². The fraction of sp³-hybridized carbons (Fsp3) is 0.250. The molecule has 0 N–H and O–H groups in total. The number of aromatic nitrogens is 1. The molecule has 1 aromatic carbocycles. The largest absolute Gasteiger partial charge is 0.297 e. The third-order valence-corrected chi connectivity index (χ3v) is 5.52. The van der Waals surface area contributed by atoms with E-state index in [9.17, 15) is 8.78 Å². The van der Waals surface area contributed by atoms with Gasteiger partial charge in [-0.2, -0.15) is 8.78 Å². The number of aliphatic imine (C=N–C) groups is 1. The predicted molar refractivity (Wildman–Crippen MR) is 89.7 cm³/mol. The maximum Gasteiger partial charge on any atom is 0.297 e. The summed E-state index contributed by atoms with van der Waals surface area (Å²) in [7, 11) is 0. The van der Waals surface area contributed by atoms with E-state index in [1.165, 1.54) is 19.9 Å². The summed E-state index contributed by atoms with van der Waals surface area (Å²) in [6.45, 7) is 2.90. The first-order valence-corrected chi connectivity index (χ1v) is 8.21. The summed E-state index contributed by atoms with van der Waals surface area (Å²) < 4.78 is 30.7. The van der Waals surface area contributed by atoms with E-state index in [1.807, 2.05) is 6.07 Å². The average molecular weight is 430 g/mol. The minimum Gasteiger partial charge on any atom is -0.271 e. The zero-order valence-electron chi connectivity index (χ0n) is 11.9. The molecule has 0 bridgehead atoms. The van der Waals surface area contributed by atoms with Gasteiger partial charge in [-0.1, -0.05) is 24.3 Å². The third kappa shape index (κ3) is 2.33. The van der Waals surface area contributed by atoms with Crippen LogP contribution in [0.1, 0.15) is 30.5 Å². The summed E-state index contributed by atoms with van der Waals surface area (Å²) in [5.41, 5.74) is 0.168. The van der Waals surface area contributed by atoms with Crippen molar-refractivity contribution in [2.45, 2.75) is 25.3 Å². The second-order valence-corrected chi connectivity index (χ2v) is 7.24. The van der Waals surface area contributed by atoms with Crippen molar-refractivity contribution in [3.63, 3.8) is 0 Å². The van der Waals surface area contributed by atoms with Gasteiger partial charge in [0.2, 0.25) is 0 Å². The summed E-state index contributed by atoms with van der Waals surface area (Å²) in [4.78, 5) is 8.55. The van der Waals surface area contributed by atoms with E-state index in [0.29, 0.717) is 21.4 Å². The number of pyridine rings is 1. The second-order valence-electron chi connectivity index (χ2n) is 5.64. The molecule has 0 atom stereocenters. The Hall–Kier alpha value is -1.14. The molecule has 0 fully saturated rings. The summed E-state index contributed by atoms with van der Waals surface area (Å²) in [6.07, 6.45) is 1.63. The van der Waals surface area contributed by atoms with Crippen molar-refractivity contribution >= 4 is 37.6 Å². The van der Waals surface area contributed by atoms with Crippen LogP contribution in [0.4, 0.5) is 8.78 Å². The molecule has 6 heteroatoms. The van der Waals surface area contributed by atoms with E-state index in [-0.39, 0.29) is 5.56 Å². The van der Waals surface area contributed by atoms with Crippen LogP contribution in [0.3, 0.4) is 0 Å². The van der Waals surface area contributed by atoms with Crippen LogP contribution in [-0.4, -0.2) is 16.2 Å². The number of halogens is 4. The molecule has 0 saturated heterocycles. The van der Waals surface area contributed by atoms with Crippen LogP contribution < -0.4 is 0 Å². The van der Waals surface area contributed by atoms with Crippen LogP contribution in [-0.2, 0) is 5.92 Å². The number of benzene rings is 1. The lowest BCUT2D eigenvalue weighted by Gasteiger charge is -2.37. The van der Waals surface area contributed by atoms with Crippen LogP contribution in [0.15, 0.2) is 50.6 Å². The Morgan fingerprint density at radius 2 is 1.77 bits per heavy atom. The summed E-state index contributed by atoms with van der Waals surface area (Å²) in [6, 6.07) is 8.33. The standard InChI is InChI=1S/C16H12Br2F2N2/c1-15(2)16(19,20)11-6-4-3-5-10(11)13(22-15)9-7-12(17)14(18)21-8-9/h3-8H,1-2H3. The first kappa shape index (κ1) is 15.7. The topological polar surface area (TPSA) is 25.2 Å². The highest BCUT2D eigenvalue weighted by molar-refractivity contribution is 9.13. The number of hydrogen-bond acceptors (Lipinski definition) is 2. The number of fused-ring (bicyclic) bond motifs is 1. The molecule has 0 unspecified atom stereocenters. The molecule has 0 amide bonds. The van der Waals surface area contributed by atoms with Gasteiger partial charge in [-0.25, -0.2) is 4.98 Å². The smallest absolute Gasteiger partial charge is 0.271 e. The Morgan fingerprint density at radius 1 is 1.09 bits per heavy atom. The molecule has 0 aliphatic carbocycles. The van der Waals surface area contributed by atoms with E-state index in [4.69, 9.17) is 0 Å². The Kier molecular flexibility index (Phi) is 3.72. The molecule has 1 aliphatic rings. The van der Waals surface area contributed by atoms with Gasteiger partial charge in [0.1, 0.15) is 10.1 Å². The lowest BCUT2D eigenvalue weighted by Crippen LogP contribution is -2.44. The minimum absolute atomic E-state index is 0.00374. The number of hydrogen-bond donors (Lipinski definition) is 0. The van der Waals surface area contributed by atoms with Gasteiger partial charge in [-0.05, 0) is 51.8 Å². The van der Waals surface area contributed by atoms with Crippen LogP contribution in [0.25, 0.3) is 0 Å². The van der Waals surface area contributed by atoms with E-state index < -0.39 is 11.5 Å². The maximum atomic E-state index is 14.7. The van der Waals surface area contributed by atoms with Crippen LogP contribution in [0, 0.1) is 0 Å². The van der Waals surface area contributed by atoms with Crippen molar-refractivity contribution < 1.29 is 8.78 Å². The highest BCUT2D eigenvalue weighted by Crippen LogP contribution is 2.46. The van der Waals surface area contributed by atoms with Crippen molar-refractivity contribution in [1.82, 2.24) is 4.98 Å². The normalized spacial score (nSPS) is 18.5. The first-order valence-electron chi connectivity index (χ1n) is 6.63. The first-order chi connectivity index (χ1) is 10.2. The van der Waals surface area contributed by atoms with Crippen molar-refractivity contribution in [1.29, 1.82) is 0 Å². The highest BCUT2D eigenvalue weighted by Gasteiger charge is 2.52. The molecule has 2 nitrogen and oxygen atoms in total. The van der Waals surface area contributed by atoms with E-state index in [1.54, 1.807) is 24.4 Å². The molecule has 0 saturated carbocycles. The third-order valence-electron chi connectivity index (χ3n) is 3.75. The van der Waals surface area contributed by atoms with Gasteiger partial charge in [0.05, 0.1) is 10.2 Å². The molecule has 2 heterocycles. The Morgan fingerprint density at radius 3 is 2.45 bits per heavy atom. The summed E-state index contributed by atoms with van der Waals surface area (Å²) >= 11 is 6.70. The molecule has 0 radical (unpaired) electrons. The number of alkyl halides is 2. The molecule has 1 aliphatic heterocycles. The maximum absolute atomic E-state index is 14.7. The van der Waals surface area contributed by atoms with Crippen molar-refractivity contribution in [3.8, 4) is 0 Å². The number of nitrogens with zero attached hydrogens (tertiary/aromatic N) is 2. The molecule has 22 heavy (non-hydrogen) atoms. The fourth-order valence-corrected chi connectivity index (χ4v) is 3.04. The molecule has 1 aromatic heterocycles. The Balaban J connectivity index is 2.27. The monoisotopic (exact) mass is 428 g/mol.